The van der Waals surface area contributed by atoms with E-state index in [4.69, 9.17) is 14.6 Å². The molecule has 16 heavy (non-hydrogen) atoms. The van der Waals surface area contributed by atoms with Gasteiger partial charge in [-0.05, 0) is 17.7 Å². The molecule has 0 bridgehead atoms. The second-order valence-electron chi connectivity index (χ2n) is 3.86. The van der Waals surface area contributed by atoms with Crippen LogP contribution in [0, 0.1) is 5.92 Å². The molecule has 4 heteroatoms. The molecule has 86 valence electrons. The Hall–Kier alpha value is -1.55. The molecular formula is C12H14O4. The molecule has 1 fully saturated rings. The van der Waals surface area contributed by atoms with Crippen LogP contribution in [0.5, 0.6) is 5.75 Å². The second-order valence-corrected chi connectivity index (χ2v) is 3.86. The van der Waals surface area contributed by atoms with Crippen molar-refractivity contribution in [2.45, 2.75) is 5.92 Å². The van der Waals surface area contributed by atoms with Gasteiger partial charge in [0.1, 0.15) is 5.75 Å². The van der Waals surface area contributed by atoms with Gasteiger partial charge >= 0.3 is 5.97 Å². The molecule has 0 amide bonds. The van der Waals surface area contributed by atoms with Crippen molar-refractivity contribution in [1.29, 1.82) is 0 Å². The van der Waals surface area contributed by atoms with Crippen LogP contribution in [0.25, 0.3) is 0 Å². The molecule has 1 N–H and O–H groups in total. The quantitative estimate of drug-likeness (QED) is 0.842. The standard InChI is InChI=1S/C12H14O4/c1-15-9-4-2-8(3-5-9)10-6-16-7-11(10)12(13)14/h2-5,10-11H,6-7H2,1H3,(H,13,14)/t10-,11-/m0/s1. The molecule has 1 heterocycles. The topological polar surface area (TPSA) is 55.8 Å². The molecule has 0 unspecified atom stereocenters. The number of carboxylic acids is 1. The highest BCUT2D eigenvalue weighted by Crippen LogP contribution is 2.31. The molecule has 0 radical (unpaired) electrons. The lowest BCUT2D eigenvalue weighted by Gasteiger charge is -2.14. The van der Waals surface area contributed by atoms with Gasteiger partial charge in [-0.15, -0.1) is 0 Å². The molecule has 0 saturated carbocycles. The Balaban J connectivity index is 2.19. The van der Waals surface area contributed by atoms with Crippen molar-refractivity contribution < 1.29 is 19.4 Å². The number of carbonyl (C=O) groups is 1. The fourth-order valence-electron chi connectivity index (χ4n) is 1.98. The van der Waals surface area contributed by atoms with Crippen LogP contribution >= 0.6 is 0 Å². The predicted molar refractivity (Wildman–Crippen MR) is 57.7 cm³/mol. The second kappa shape index (κ2) is 4.53. The number of ether oxygens (including phenoxy) is 2. The van der Waals surface area contributed by atoms with Crippen molar-refractivity contribution in [3.63, 3.8) is 0 Å². The minimum absolute atomic E-state index is 0.0524. The van der Waals surface area contributed by atoms with Gasteiger partial charge in [-0.3, -0.25) is 4.79 Å². The first kappa shape index (κ1) is 11.0. The summed E-state index contributed by atoms with van der Waals surface area (Å²) in [7, 11) is 1.60. The highest BCUT2D eigenvalue weighted by atomic mass is 16.5. The lowest BCUT2D eigenvalue weighted by atomic mass is 9.89. The fourth-order valence-corrected chi connectivity index (χ4v) is 1.98. The summed E-state index contributed by atoms with van der Waals surface area (Å²) in [6, 6.07) is 7.47. The summed E-state index contributed by atoms with van der Waals surface area (Å²) < 4.78 is 10.3. The zero-order valence-electron chi connectivity index (χ0n) is 9.05. The first-order valence-electron chi connectivity index (χ1n) is 5.17. The van der Waals surface area contributed by atoms with E-state index in [9.17, 15) is 4.79 Å². The van der Waals surface area contributed by atoms with Crippen LogP contribution in [0.2, 0.25) is 0 Å². The maximum atomic E-state index is 11.0. The van der Waals surface area contributed by atoms with Crippen LogP contribution in [-0.4, -0.2) is 31.4 Å². The molecule has 0 aliphatic carbocycles. The Morgan fingerprint density at radius 1 is 1.38 bits per heavy atom. The molecule has 0 spiro atoms. The summed E-state index contributed by atoms with van der Waals surface area (Å²) in [6.45, 7) is 0.773. The van der Waals surface area contributed by atoms with Crippen molar-refractivity contribution in [2.75, 3.05) is 20.3 Å². The molecular weight excluding hydrogens is 208 g/mol. The number of benzene rings is 1. The zero-order valence-corrected chi connectivity index (χ0v) is 9.05. The predicted octanol–water partition coefficient (Wildman–Crippen LogP) is 1.51. The summed E-state index contributed by atoms with van der Waals surface area (Å²) in [5.74, 6) is -0.510. The lowest BCUT2D eigenvalue weighted by molar-refractivity contribution is -0.142. The van der Waals surface area contributed by atoms with E-state index >= 15 is 0 Å². The first-order chi connectivity index (χ1) is 7.72. The van der Waals surface area contributed by atoms with E-state index in [2.05, 4.69) is 0 Å². The maximum Gasteiger partial charge on any atom is 0.309 e. The highest BCUT2D eigenvalue weighted by molar-refractivity contribution is 5.72. The van der Waals surface area contributed by atoms with Gasteiger partial charge in [0.2, 0.25) is 0 Å². The van der Waals surface area contributed by atoms with Gasteiger partial charge in [0.25, 0.3) is 0 Å². The van der Waals surface area contributed by atoms with E-state index in [0.29, 0.717) is 13.2 Å². The van der Waals surface area contributed by atoms with Crippen molar-refractivity contribution in [3.05, 3.63) is 29.8 Å². The van der Waals surface area contributed by atoms with E-state index in [0.717, 1.165) is 11.3 Å². The summed E-state index contributed by atoms with van der Waals surface area (Å²) >= 11 is 0. The van der Waals surface area contributed by atoms with E-state index in [-0.39, 0.29) is 5.92 Å². The molecule has 0 aromatic heterocycles. The third-order valence-corrected chi connectivity index (χ3v) is 2.94. The van der Waals surface area contributed by atoms with Gasteiger partial charge in [0.15, 0.2) is 0 Å². The van der Waals surface area contributed by atoms with Crippen LogP contribution in [0.15, 0.2) is 24.3 Å². The Morgan fingerprint density at radius 2 is 2.06 bits per heavy atom. The van der Waals surface area contributed by atoms with E-state index < -0.39 is 11.9 Å². The molecule has 1 aromatic rings. The smallest absolute Gasteiger partial charge is 0.309 e. The van der Waals surface area contributed by atoms with Crippen LogP contribution in [0.3, 0.4) is 0 Å². The van der Waals surface area contributed by atoms with E-state index in [1.807, 2.05) is 24.3 Å². The minimum atomic E-state index is -0.793. The van der Waals surface area contributed by atoms with Crippen molar-refractivity contribution in [3.8, 4) is 5.75 Å². The van der Waals surface area contributed by atoms with Crippen LogP contribution in [0.4, 0.5) is 0 Å². The van der Waals surface area contributed by atoms with Crippen LogP contribution in [-0.2, 0) is 9.53 Å². The summed E-state index contributed by atoms with van der Waals surface area (Å²) in [5.41, 5.74) is 0.991. The summed E-state index contributed by atoms with van der Waals surface area (Å²) in [6.07, 6.45) is 0. The fraction of sp³-hybridized carbons (Fsp3) is 0.417. The molecule has 2 atom stereocenters. The number of carboxylic acid groups (broad SMARTS) is 1. The average molecular weight is 222 g/mol. The van der Waals surface area contributed by atoms with Gasteiger partial charge in [0.05, 0.1) is 26.2 Å². The molecule has 1 saturated heterocycles. The van der Waals surface area contributed by atoms with E-state index in [1.54, 1.807) is 7.11 Å². The zero-order chi connectivity index (χ0) is 11.5. The summed E-state index contributed by atoms with van der Waals surface area (Å²) in [5, 5.41) is 9.04. The number of methoxy groups -OCH3 is 1. The Kier molecular flexibility index (Phi) is 3.10. The third-order valence-electron chi connectivity index (χ3n) is 2.94. The minimum Gasteiger partial charge on any atom is -0.497 e. The van der Waals surface area contributed by atoms with E-state index in [1.165, 1.54) is 0 Å². The summed E-state index contributed by atoms with van der Waals surface area (Å²) in [4.78, 5) is 11.0. The molecule has 1 aliphatic rings. The number of hydrogen-bond acceptors (Lipinski definition) is 3. The van der Waals surface area contributed by atoms with Gasteiger partial charge in [-0.2, -0.15) is 0 Å². The van der Waals surface area contributed by atoms with Crippen molar-refractivity contribution >= 4 is 5.97 Å². The first-order valence-corrected chi connectivity index (χ1v) is 5.17. The van der Waals surface area contributed by atoms with Crippen LogP contribution < -0.4 is 4.74 Å². The third kappa shape index (κ3) is 2.02. The normalized spacial score (nSPS) is 24.3. The Bertz CT molecular complexity index is 371. The molecule has 4 nitrogen and oxygen atoms in total. The number of hydrogen-bond donors (Lipinski definition) is 1. The van der Waals surface area contributed by atoms with Crippen molar-refractivity contribution in [1.82, 2.24) is 0 Å². The van der Waals surface area contributed by atoms with Gasteiger partial charge in [-0.25, -0.2) is 0 Å². The monoisotopic (exact) mass is 222 g/mol. The molecule has 1 aromatic carbocycles. The highest BCUT2D eigenvalue weighted by Gasteiger charge is 2.34. The van der Waals surface area contributed by atoms with Gasteiger partial charge in [0, 0.05) is 5.92 Å². The molecule has 1 aliphatic heterocycles. The largest absolute Gasteiger partial charge is 0.497 e. The Labute approximate surface area is 93.8 Å². The average Bonchev–Trinajstić information content (AvgIpc) is 2.78. The number of aliphatic carboxylic acids is 1. The number of rotatable bonds is 3. The van der Waals surface area contributed by atoms with Gasteiger partial charge < -0.3 is 14.6 Å². The van der Waals surface area contributed by atoms with Crippen LogP contribution in [0.1, 0.15) is 11.5 Å². The van der Waals surface area contributed by atoms with Crippen molar-refractivity contribution in [2.24, 2.45) is 5.92 Å². The Morgan fingerprint density at radius 3 is 2.62 bits per heavy atom. The maximum absolute atomic E-state index is 11.0. The molecule has 2 rings (SSSR count). The SMILES string of the molecule is COc1ccc([C@@H]2COC[C@@H]2C(=O)O)cc1. The van der Waals surface area contributed by atoms with Gasteiger partial charge in [-0.1, -0.05) is 12.1 Å². The lowest BCUT2D eigenvalue weighted by Crippen LogP contribution is -2.20.